The third kappa shape index (κ3) is 1.95. The Morgan fingerprint density at radius 3 is 2.75 bits per heavy atom. The van der Waals surface area contributed by atoms with Crippen LogP contribution in [0.4, 0.5) is 0 Å². The maximum Gasteiger partial charge on any atom is 0.356 e. The Labute approximate surface area is 112 Å². The van der Waals surface area contributed by atoms with Gasteiger partial charge in [-0.15, -0.1) is 0 Å². The van der Waals surface area contributed by atoms with E-state index >= 15 is 0 Å². The van der Waals surface area contributed by atoms with Gasteiger partial charge in [-0.1, -0.05) is 0 Å². The van der Waals surface area contributed by atoms with Crippen molar-refractivity contribution in [2.24, 2.45) is 7.05 Å². The number of hydrogen-bond acceptors (Lipinski definition) is 4. The van der Waals surface area contributed by atoms with Gasteiger partial charge in [0.05, 0.1) is 11.9 Å². The normalized spacial score (nSPS) is 10.8. The van der Waals surface area contributed by atoms with E-state index in [2.05, 4.69) is 9.97 Å². The summed E-state index contributed by atoms with van der Waals surface area (Å²) in [6.45, 7) is 0. The minimum absolute atomic E-state index is 0.0376. The van der Waals surface area contributed by atoms with E-state index in [1.54, 1.807) is 29.9 Å². The first-order chi connectivity index (χ1) is 9.54. The van der Waals surface area contributed by atoms with Gasteiger partial charge in [0.25, 0.3) is 0 Å². The number of nitrogens with zero attached hydrogens (tertiary/aromatic N) is 4. The van der Waals surface area contributed by atoms with Gasteiger partial charge in [0.1, 0.15) is 0 Å². The Balaban J connectivity index is 2.14. The van der Waals surface area contributed by atoms with Crippen LogP contribution in [-0.2, 0) is 7.05 Å². The molecule has 0 amide bonds. The zero-order valence-electron chi connectivity index (χ0n) is 10.5. The molecule has 0 spiro atoms. The molecule has 0 aliphatic carbocycles. The number of carboxylic acid groups (broad SMARTS) is 1. The lowest BCUT2D eigenvalue weighted by molar-refractivity contribution is 0.0691. The number of fused-ring (bicyclic) bond motifs is 1. The summed E-state index contributed by atoms with van der Waals surface area (Å²) in [5, 5.41) is 8.90. The van der Waals surface area contributed by atoms with Crippen LogP contribution >= 0.6 is 0 Å². The molecule has 0 unspecified atom stereocenters. The van der Waals surface area contributed by atoms with E-state index in [1.165, 1.54) is 23.0 Å². The summed E-state index contributed by atoms with van der Waals surface area (Å²) in [5.74, 6) is -1.09. The quantitative estimate of drug-likeness (QED) is 0.743. The summed E-state index contributed by atoms with van der Waals surface area (Å²) in [5.41, 5.74) is 1.70. The molecule has 3 rings (SSSR count). The van der Waals surface area contributed by atoms with Crippen LogP contribution in [0.25, 0.3) is 16.9 Å². The molecule has 7 heteroatoms. The summed E-state index contributed by atoms with van der Waals surface area (Å²) in [6, 6.07) is 3.13. The van der Waals surface area contributed by atoms with E-state index in [9.17, 15) is 9.59 Å². The van der Waals surface area contributed by atoms with Gasteiger partial charge in [-0.05, 0) is 6.07 Å². The van der Waals surface area contributed by atoms with Crippen LogP contribution in [0.3, 0.4) is 0 Å². The highest BCUT2D eigenvalue weighted by Crippen LogP contribution is 2.16. The number of carboxylic acids is 1. The zero-order chi connectivity index (χ0) is 14.3. The SMILES string of the molecule is Cn1cc(-c2cn3cc(C(=O)O)nc3cn2)ccc1=O. The van der Waals surface area contributed by atoms with E-state index in [0.29, 0.717) is 11.3 Å². The molecule has 0 radical (unpaired) electrons. The van der Waals surface area contributed by atoms with Crippen molar-refractivity contribution < 1.29 is 9.90 Å². The number of imidazole rings is 1. The third-order valence-electron chi connectivity index (χ3n) is 2.94. The van der Waals surface area contributed by atoms with Crippen molar-refractivity contribution in [3.05, 3.63) is 53.0 Å². The van der Waals surface area contributed by atoms with Gasteiger partial charge in [-0.25, -0.2) is 9.78 Å². The molecule has 0 aliphatic rings. The first-order valence-electron chi connectivity index (χ1n) is 5.80. The molecule has 7 nitrogen and oxygen atoms in total. The molecule has 1 N–H and O–H groups in total. The van der Waals surface area contributed by atoms with Crippen LogP contribution in [0.15, 0.2) is 41.7 Å². The minimum atomic E-state index is -1.09. The molecule has 3 aromatic heterocycles. The number of carbonyl (C=O) groups is 1. The Kier molecular flexibility index (Phi) is 2.60. The molecule has 0 bridgehead atoms. The number of aryl methyl sites for hydroxylation is 1. The molecule has 20 heavy (non-hydrogen) atoms. The molecule has 3 heterocycles. The van der Waals surface area contributed by atoms with Gasteiger partial charge in [-0.2, -0.15) is 0 Å². The Morgan fingerprint density at radius 2 is 2.05 bits per heavy atom. The number of pyridine rings is 1. The van der Waals surface area contributed by atoms with Crippen LogP contribution in [0.2, 0.25) is 0 Å². The van der Waals surface area contributed by atoms with Crippen molar-refractivity contribution in [3.8, 4) is 11.3 Å². The van der Waals surface area contributed by atoms with Crippen LogP contribution in [0.5, 0.6) is 0 Å². The van der Waals surface area contributed by atoms with E-state index in [0.717, 1.165) is 5.56 Å². The highest BCUT2D eigenvalue weighted by molar-refractivity contribution is 5.86. The van der Waals surface area contributed by atoms with E-state index in [4.69, 9.17) is 5.11 Å². The minimum Gasteiger partial charge on any atom is -0.476 e. The fourth-order valence-corrected chi connectivity index (χ4v) is 1.90. The van der Waals surface area contributed by atoms with E-state index < -0.39 is 5.97 Å². The number of hydrogen-bond donors (Lipinski definition) is 1. The van der Waals surface area contributed by atoms with E-state index in [-0.39, 0.29) is 11.3 Å². The van der Waals surface area contributed by atoms with Crippen molar-refractivity contribution in [2.75, 3.05) is 0 Å². The van der Waals surface area contributed by atoms with Crippen LogP contribution in [0.1, 0.15) is 10.5 Å². The second-order valence-corrected chi connectivity index (χ2v) is 4.34. The maximum atomic E-state index is 11.4. The fraction of sp³-hybridized carbons (Fsp3) is 0.0769. The van der Waals surface area contributed by atoms with Crippen molar-refractivity contribution in [3.63, 3.8) is 0 Å². The van der Waals surface area contributed by atoms with Crippen LogP contribution < -0.4 is 5.56 Å². The lowest BCUT2D eigenvalue weighted by atomic mass is 10.2. The molecule has 0 aromatic carbocycles. The molecule has 0 aliphatic heterocycles. The monoisotopic (exact) mass is 270 g/mol. The number of aromatic carboxylic acids is 1. The predicted octanol–water partition coefficient (Wildman–Crippen LogP) is 0.793. The van der Waals surface area contributed by atoms with Gasteiger partial charge < -0.3 is 14.1 Å². The summed E-state index contributed by atoms with van der Waals surface area (Å²) in [6.07, 6.45) is 6.26. The third-order valence-corrected chi connectivity index (χ3v) is 2.94. The smallest absolute Gasteiger partial charge is 0.356 e. The molecular weight excluding hydrogens is 260 g/mol. The second-order valence-electron chi connectivity index (χ2n) is 4.34. The van der Waals surface area contributed by atoms with Crippen molar-refractivity contribution in [1.29, 1.82) is 0 Å². The number of aromatic nitrogens is 4. The van der Waals surface area contributed by atoms with Crippen molar-refractivity contribution in [1.82, 2.24) is 18.9 Å². The van der Waals surface area contributed by atoms with Crippen molar-refractivity contribution >= 4 is 11.6 Å². The maximum absolute atomic E-state index is 11.4. The molecule has 3 aromatic rings. The average Bonchev–Trinajstić information content (AvgIpc) is 2.85. The molecular formula is C13H10N4O3. The molecule has 0 fully saturated rings. The summed E-state index contributed by atoms with van der Waals surface area (Å²) < 4.78 is 3.05. The fourth-order valence-electron chi connectivity index (χ4n) is 1.90. The Hall–Kier alpha value is -2.96. The molecule has 0 saturated heterocycles. The lowest BCUT2D eigenvalue weighted by Gasteiger charge is -2.03. The highest BCUT2D eigenvalue weighted by atomic mass is 16.4. The number of rotatable bonds is 2. The first-order valence-corrected chi connectivity index (χ1v) is 5.80. The summed E-state index contributed by atoms with van der Waals surface area (Å²) in [7, 11) is 1.66. The zero-order valence-corrected chi connectivity index (χ0v) is 10.5. The topological polar surface area (TPSA) is 89.5 Å². The predicted molar refractivity (Wildman–Crippen MR) is 70.6 cm³/mol. The second kappa shape index (κ2) is 4.30. The summed E-state index contributed by atoms with van der Waals surface area (Å²) in [4.78, 5) is 30.4. The first kappa shape index (κ1) is 12.1. The highest BCUT2D eigenvalue weighted by Gasteiger charge is 2.10. The lowest BCUT2D eigenvalue weighted by Crippen LogP contribution is -2.14. The van der Waals surface area contributed by atoms with Crippen molar-refractivity contribution in [2.45, 2.75) is 0 Å². The molecule has 0 saturated carbocycles. The van der Waals surface area contributed by atoms with Crippen LogP contribution in [-0.4, -0.2) is 30.0 Å². The van der Waals surface area contributed by atoms with E-state index in [1.807, 2.05) is 0 Å². The molecule has 100 valence electrons. The largest absolute Gasteiger partial charge is 0.476 e. The van der Waals surface area contributed by atoms with Gasteiger partial charge in [-0.3, -0.25) is 9.78 Å². The standard InChI is InChI=1S/C13H10N4O3/c1-16-5-8(2-3-12(16)18)9-6-17-7-10(13(19)20)15-11(17)4-14-9/h2-7H,1H3,(H,19,20). The van der Waals surface area contributed by atoms with Crippen LogP contribution in [0, 0.1) is 0 Å². The van der Waals surface area contributed by atoms with Gasteiger partial charge in [0, 0.05) is 37.3 Å². The average molecular weight is 270 g/mol. The van der Waals surface area contributed by atoms with Gasteiger partial charge in [0.15, 0.2) is 11.3 Å². The Morgan fingerprint density at radius 1 is 1.25 bits per heavy atom. The summed E-state index contributed by atoms with van der Waals surface area (Å²) >= 11 is 0. The Bertz CT molecular complexity index is 879. The van der Waals surface area contributed by atoms with Gasteiger partial charge >= 0.3 is 5.97 Å². The van der Waals surface area contributed by atoms with Gasteiger partial charge in [0.2, 0.25) is 5.56 Å². The molecule has 0 atom stereocenters.